The Morgan fingerprint density at radius 1 is 1.28 bits per heavy atom. The molecule has 0 aliphatic rings. The maximum absolute atomic E-state index is 12.6. The van der Waals surface area contributed by atoms with Crippen LogP contribution in [0.5, 0.6) is 5.75 Å². The number of hydrogen-bond donors (Lipinski definition) is 1. The van der Waals surface area contributed by atoms with Gasteiger partial charge < -0.3 is 19.5 Å². The number of H-pyrrole nitrogens is 1. The Hall–Kier alpha value is -1.76. The number of rotatable bonds is 8. The van der Waals surface area contributed by atoms with E-state index in [-0.39, 0.29) is 12.5 Å². The number of aromatic amines is 1. The van der Waals surface area contributed by atoms with Gasteiger partial charge in [-0.25, -0.2) is 4.98 Å². The number of aryl methyl sites for hydroxylation is 1. The van der Waals surface area contributed by atoms with Crippen LogP contribution in [0, 0.1) is 6.92 Å². The molecule has 0 unspecified atom stereocenters. The van der Waals surface area contributed by atoms with E-state index in [1.165, 1.54) is 0 Å². The van der Waals surface area contributed by atoms with E-state index < -0.39 is 0 Å². The molecule has 0 atom stereocenters. The highest BCUT2D eigenvalue weighted by molar-refractivity contribution is 6.35. The molecule has 0 spiro atoms. The molecule has 0 radical (unpaired) electrons. The molecule has 1 amide bonds. The number of likely N-dealkylation sites (N-methyl/N-ethyl adjacent to an activating group) is 1. The lowest BCUT2D eigenvalue weighted by atomic mass is 10.3. The number of hydrogen-bond acceptors (Lipinski definition) is 4. The lowest BCUT2D eigenvalue weighted by molar-refractivity contribution is -0.134. The predicted octanol–water partition coefficient (Wildman–Crippen LogP) is 2.99. The van der Waals surface area contributed by atoms with Crippen LogP contribution in [0.25, 0.3) is 0 Å². The minimum absolute atomic E-state index is 0.0990. The lowest BCUT2D eigenvalue weighted by Gasteiger charge is -2.24. The Labute approximate surface area is 157 Å². The molecule has 2 aromatic rings. The van der Waals surface area contributed by atoms with Crippen molar-refractivity contribution in [3.8, 4) is 5.75 Å². The van der Waals surface area contributed by atoms with Crippen molar-refractivity contribution >= 4 is 29.1 Å². The standard InChI is InChI=1S/C17H22Cl2N4O2/c1-12-15(21-11-20-12)9-23(7-6-22(2)3)17(24)10-25-16-5-4-13(18)8-14(16)19/h4-5,8,11H,6-7,9-10H2,1-3H3,(H,20,21). The smallest absolute Gasteiger partial charge is 0.260 e. The predicted molar refractivity (Wildman–Crippen MR) is 99.3 cm³/mol. The van der Waals surface area contributed by atoms with Crippen molar-refractivity contribution in [1.29, 1.82) is 0 Å². The summed E-state index contributed by atoms with van der Waals surface area (Å²) in [6, 6.07) is 4.91. The summed E-state index contributed by atoms with van der Waals surface area (Å²) in [7, 11) is 3.93. The van der Waals surface area contributed by atoms with E-state index in [4.69, 9.17) is 27.9 Å². The summed E-state index contributed by atoms with van der Waals surface area (Å²) >= 11 is 11.9. The van der Waals surface area contributed by atoms with Crippen molar-refractivity contribution in [3.05, 3.63) is 46.0 Å². The van der Waals surface area contributed by atoms with Crippen LogP contribution in [0.3, 0.4) is 0 Å². The summed E-state index contributed by atoms with van der Waals surface area (Å²) < 4.78 is 5.57. The average Bonchev–Trinajstić information content (AvgIpc) is 2.95. The van der Waals surface area contributed by atoms with Crippen LogP contribution in [-0.4, -0.2) is 59.5 Å². The van der Waals surface area contributed by atoms with Gasteiger partial charge in [0, 0.05) is 23.8 Å². The van der Waals surface area contributed by atoms with Crippen molar-refractivity contribution in [1.82, 2.24) is 19.8 Å². The number of nitrogens with one attached hydrogen (secondary N) is 1. The molecular weight excluding hydrogens is 363 g/mol. The molecule has 0 aliphatic carbocycles. The highest BCUT2D eigenvalue weighted by Gasteiger charge is 2.17. The minimum Gasteiger partial charge on any atom is -0.482 e. The van der Waals surface area contributed by atoms with E-state index in [1.807, 2.05) is 25.9 Å². The Morgan fingerprint density at radius 3 is 2.64 bits per heavy atom. The van der Waals surface area contributed by atoms with E-state index >= 15 is 0 Å². The maximum Gasteiger partial charge on any atom is 0.260 e. The Kier molecular flexibility index (Phi) is 7.11. The molecule has 0 aliphatic heterocycles. The van der Waals surface area contributed by atoms with Crippen molar-refractivity contribution in [3.63, 3.8) is 0 Å². The topological polar surface area (TPSA) is 61.5 Å². The number of carbonyl (C=O) groups is 1. The van der Waals surface area contributed by atoms with Gasteiger partial charge in [0.05, 0.1) is 23.6 Å². The second-order valence-electron chi connectivity index (χ2n) is 5.96. The summed E-state index contributed by atoms with van der Waals surface area (Å²) in [6.07, 6.45) is 1.63. The molecule has 25 heavy (non-hydrogen) atoms. The molecule has 0 fully saturated rings. The molecule has 2 rings (SSSR count). The first-order chi connectivity index (χ1) is 11.9. The number of amides is 1. The first kappa shape index (κ1) is 19.6. The number of benzene rings is 1. The van der Waals surface area contributed by atoms with Gasteiger partial charge in [0.2, 0.25) is 0 Å². The van der Waals surface area contributed by atoms with Crippen molar-refractivity contribution in [2.24, 2.45) is 0 Å². The van der Waals surface area contributed by atoms with Crippen LogP contribution in [0.4, 0.5) is 0 Å². The molecule has 1 N–H and O–H groups in total. The molecule has 1 aromatic carbocycles. The number of nitrogens with zero attached hydrogens (tertiary/aromatic N) is 3. The quantitative estimate of drug-likeness (QED) is 0.759. The van der Waals surface area contributed by atoms with Crippen molar-refractivity contribution in [2.75, 3.05) is 33.8 Å². The van der Waals surface area contributed by atoms with Crippen molar-refractivity contribution in [2.45, 2.75) is 13.5 Å². The summed E-state index contributed by atoms with van der Waals surface area (Å²) in [4.78, 5) is 23.7. The van der Waals surface area contributed by atoms with Gasteiger partial charge in [0.15, 0.2) is 6.61 Å². The number of ether oxygens (including phenoxy) is 1. The van der Waals surface area contributed by atoms with Crippen LogP contribution in [-0.2, 0) is 11.3 Å². The fraction of sp³-hybridized carbons (Fsp3) is 0.412. The molecule has 0 saturated heterocycles. The van der Waals surface area contributed by atoms with Gasteiger partial charge in [-0.2, -0.15) is 0 Å². The van der Waals surface area contributed by atoms with Crippen LogP contribution < -0.4 is 4.74 Å². The lowest BCUT2D eigenvalue weighted by Crippen LogP contribution is -2.39. The van der Waals surface area contributed by atoms with E-state index in [0.29, 0.717) is 28.9 Å². The van der Waals surface area contributed by atoms with Gasteiger partial charge in [0.1, 0.15) is 5.75 Å². The zero-order valence-corrected chi connectivity index (χ0v) is 16.1. The third-order valence-electron chi connectivity index (χ3n) is 3.69. The number of carbonyl (C=O) groups excluding carboxylic acids is 1. The molecule has 8 heteroatoms. The maximum atomic E-state index is 12.6. The van der Waals surface area contributed by atoms with Gasteiger partial charge in [-0.3, -0.25) is 4.79 Å². The highest BCUT2D eigenvalue weighted by Crippen LogP contribution is 2.27. The van der Waals surface area contributed by atoms with Gasteiger partial charge in [-0.1, -0.05) is 23.2 Å². The largest absolute Gasteiger partial charge is 0.482 e. The molecule has 0 saturated carbocycles. The fourth-order valence-electron chi connectivity index (χ4n) is 2.16. The van der Waals surface area contributed by atoms with Crippen LogP contribution in [0.2, 0.25) is 10.0 Å². The van der Waals surface area contributed by atoms with Crippen LogP contribution in [0.1, 0.15) is 11.4 Å². The number of aromatic nitrogens is 2. The van der Waals surface area contributed by atoms with E-state index in [1.54, 1.807) is 29.4 Å². The van der Waals surface area contributed by atoms with Gasteiger partial charge in [-0.15, -0.1) is 0 Å². The Bertz CT molecular complexity index is 718. The van der Waals surface area contributed by atoms with Crippen LogP contribution in [0.15, 0.2) is 24.5 Å². The normalized spacial score (nSPS) is 11.0. The number of imidazole rings is 1. The van der Waals surface area contributed by atoms with E-state index in [9.17, 15) is 4.79 Å². The van der Waals surface area contributed by atoms with Gasteiger partial charge in [0.25, 0.3) is 5.91 Å². The minimum atomic E-state index is -0.129. The van der Waals surface area contributed by atoms with Gasteiger partial charge >= 0.3 is 0 Å². The van der Waals surface area contributed by atoms with Crippen LogP contribution >= 0.6 is 23.2 Å². The monoisotopic (exact) mass is 384 g/mol. The zero-order chi connectivity index (χ0) is 18.4. The Balaban J connectivity index is 2.02. The highest BCUT2D eigenvalue weighted by atomic mass is 35.5. The number of halogens is 2. The molecule has 1 aromatic heterocycles. The summed E-state index contributed by atoms with van der Waals surface area (Å²) in [5, 5.41) is 0.897. The SMILES string of the molecule is Cc1[nH]cnc1CN(CCN(C)C)C(=O)COc1ccc(Cl)cc1Cl. The third-order valence-corrected chi connectivity index (χ3v) is 4.22. The molecular formula is C17H22Cl2N4O2. The third kappa shape index (κ3) is 5.92. The summed E-state index contributed by atoms with van der Waals surface area (Å²) in [5.41, 5.74) is 1.79. The summed E-state index contributed by atoms with van der Waals surface area (Å²) in [6.45, 7) is 3.59. The second kappa shape index (κ2) is 9.08. The zero-order valence-electron chi connectivity index (χ0n) is 14.6. The Morgan fingerprint density at radius 2 is 2.04 bits per heavy atom. The fourth-order valence-corrected chi connectivity index (χ4v) is 2.63. The molecule has 6 nitrogen and oxygen atoms in total. The van der Waals surface area contributed by atoms with Gasteiger partial charge in [-0.05, 0) is 39.2 Å². The molecule has 136 valence electrons. The average molecular weight is 385 g/mol. The van der Waals surface area contributed by atoms with E-state index in [2.05, 4.69) is 9.97 Å². The van der Waals surface area contributed by atoms with Crippen molar-refractivity contribution < 1.29 is 9.53 Å². The summed E-state index contributed by atoms with van der Waals surface area (Å²) in [5.74, 6) is 0.304. The van der Waals surface area contributed by atoms with E-state index in [0.717, 1.165) is 17.9 Å². The first-order valence-corrected chi connectivity index (χ1v) is 8.61. The first-order valence-electron chi connectivity index (χ1n) is 7.86. The second-order valence-corrected chi connectivity index (χ2v) is 6.80. The molecule has 1 heterocycles. The molecule has 0 bridgehead atoms.